The van der Waals surface area contributed by atoms with Crippen molar-refractivity contribution < 1.29 is 0 Å². The van der Waals surface area contributed by atoms with Crippen LogP contribution in [0.1, 0.15) is 32.3 Å². The number of benzene rings is 1. The van der Waals surface area contributed by atoms with Gasteiger partial charge in [0.2, 0.25) is 0 Å². The predicted octanol–water partition coefficient (Wildman–Crippen LogP) is 4.45. The maximum Gasteiger partial charge on any atom is 0.0595 e. The zero-order valence-electron chi connectivity index (χ0n) is 12.9. The highest BCUT2D eigenvalue weighted by molar-refractivity contribution is 6.42. The van der Waals surface area contributed by atoms with E-state index in [0.29, 0.717) is 16.1 Å². The molecule has 0 aromatic heterocycles. The average Bonchev–Trinajstić information content (AvgIpc) is 2.42. The molecule has 0 saturated heterocycles. The second-order valence-corrected chi connectivity index (χ2v) is 6.30. The topological polar surface area (TPSA) is 15.3 Å². The molecule has 0 spiro atoms. The Kier molecular flexibility index (Phi) is 7.90. The van der Waals surface area contributed by atoms with Gasteiger partial charge in [-0.25, -0.2) is 0 Å². The van der Waals surface area contributed by atoms with Crippen molar-refractivity contribution in [2.24, 2.45) is 5.92 Å². The Morgan fingerprint density at radius 1 is 1.10 bits per heavy atom. The SMILES string of the molecule is CCC(CC)C(CNCc1ccc(Cl)c(Cl)c1)N(C)C. The van der Waals surface area contributed by atoms with Gasteiger partial charge in [-0.2, -0.15) is 0 Å². The largest absolute Gasteiger partial charge is 0.311 e. The monoisotopic (exact) mass is 316 g/mol. The van der Waals surface area contributed by atoms with Crippen LogP contribution in [0.5, 0.6) is 0 Å². The van der Waals surface area contributed by atoms with E-state index < -0.39 is 0 Å². The summed E-state index contributed by atoms with van der Waals surface area (Å²) >= 11 is 12.0. The molecule has 1 N–H and O–H groups in total. The quantitative estimate of drug-likeness (QED) is 0.762. The molecule has 0 radical (unpaired) electrons. The number of nitrogens with zero attached hydrogens (tertiary/aromatic N) is 1. The molecule has 1 atom stereocenters. The van der Waals surface area contributed by atoms with Crippen molar-refractivity contribution in [3.63, 3.8) is 0 Å². The molecule has 0 heterocycles. The van der Waals surface area contributed by atoms with E-state index in [0.717, 1.165) is 19.0 Å². The van der Waals surface area contributed by atoms with Crippen LogP contribution < -0.4 is 5.32 Å². The van der Waals surface area contributed by atoms with Crippen LogP contribution in [0.15, 0.2) is 18.2 Å². The fraction of sp³-hybridized carbons (Fsp3) is 0.625. The summed E-state index contributed by atoms with van der Waals surface area (Å²) in [6.45, 7) is 6.34. The number of nitrogens with one attached hydrogen (secondary N) is 1. The first kappa shape index (κ1) is 17.8. The van der Waals surface area contributed by atoms with Gasteiger partial charge in [-0.3, -0.25) is 0 Å². The number of rotatable bonds is 8. The van der Waals surface area contributed by atoms with Crippen LogP contribution in [0.3, 0.4) is 0 Å². The molecule has 2 nitrogen and oxygen atoms in total. The molecule has 0 bridgehead atoms. The minimum Gasteiger partial charge on any atom is -0.311 e. The molecule has 4 heteroatoms. The summed E-state index contributed by atoms with van der Waals surface area (Å²) in [5.74, 6) is 0.728. The average molecular weight is 317 g/mol. The van der Waals surface area contributed by atoms with Gasteiger partial charge >= 0.3 is 0 Å². The van der Waals surface area contributed by atoms with Crippen molar-refractivity contribution in [1.29, 1.82) is 0 Å². The van der Waals surface area contributed by atoms with E-state index in [1.165, 1.54) is 18.4 Å². The zero-order valence-corrected chi connectivity index (χ0v) is 14.4. The lowest BCUT2D eigenvalue weighted by atomic mass is 9.93. The Morgan fingerprint density at radius 2 is 1.75 bits per heavy atom. The van der Waals surface area contributed by atoms with Gasteiger partial charge in [-0.05, 0) is 37.7 Å². The van der Waals surface area contributed by atoms with Gasteiger partial charge in [0.1, 0.15) is 0 Å². The first-order chi connectivity index (χ1) is 9.49. The highest BCUT2D eigenvalue weighted by Gasteiger charge is 2.19. The van der Waals surface area contributed by atoms with Crippen LogP contribution in [-0.4, -0.2) is 31.6 Å². The molecule has 1 aromatic carbocycles. The van der Waals surface area contributed by atoms with Crippen molar-refractivity contribution in [3.8, 4) is 0 Å². The molecule has 0 fully saturated rings. The first-order valence-corrected chi connectivity index (χ1v) is 8.06. The first-order valence-electron chi connectivity index (χ1n) is 7.30. The summed E-state index contributed by atoms with van der Waals surface area (Å²) < 4.78 is 0. The Labute approximate surface area is 133 Å². The van der Waals surface area contributed by atoms with Crippen molar-refractivity contribution in [3.05, 3.63) is 33.8 Å². The van der Waals surface area contributed by atoms with E-state index in [1.807, 2.05) is 18.2 Å². The molecular weight excluding hydrogens is 291 g/mol. The van der Waals surface area contributed by atoms with Gasteiger partial charge in [0.15, 0.2) is 0 Å². The summed E-state index contributed by atoms with van der Waals surface area (Å²) in [5, 5.41) is 4.77. The Balaban J connectivity index is 2.53. The summed E-state index contributed by atoms with van der Waals surface area (Å²) in [6, 6.07) is 6.36. The van der Waals surface area contributed by atoms with Crippen molar-refractivity contribution in [2.75, 3.05) is 20.6 Å². The smallest absolute Gasteiger partial charge is 0.0595 e. The van der Waals surface area contributed by atoms with Crippen LogP contribution in [0.25, 0.3) is 0 Å². The second-order valence-electron chi connectivity index (χ2n) is 5.49. The van der Waals surface area contributed by atoms with E-state index in [4.69, 9.17) is 23.2 Å². The van der Waals surface area contributed by atoms with Gasteiger partial charge in [0.25, 0.3) is 0 Å². The third kappa shape index (κ3) is 5.25. The molecule has 0 amide bonds. The molecule has 1 aromatic rings. The number of hydrogen-bond donors (Lipinski definition) is 1. The van der Waals surface area contributed by atoms with Gasteiger partial charge in [-0.1, -0.05) is 56.0 Å². The minimum absolute atomic E-state index is 0.563. The Morgan fingerprint density at radius 3 is 2.25 bits per heavy atom. The normalized spacial score (nSPS) is 13.2. The number of likely N-dealkylation sites (N-methyl/N-ethyl adjacent to an activating group) is 1. The Bertz CT molecular complexity index is 403. The van der Waals surface area contributed by atoms with Gasteiger partial charge < -0.3 is 10.2 Å². The zero-order chi connectivity index (χ0) is 15.1. The van der Waals surface area contributed by atoms with Crippen LogP contribution in [0.2, 0.25) is 10.0 Å². The van der Waals surface area contributed by atoms with E-state index in [1.54, 1.807) is 0 Å². The molecule has 0 saturated carbocycles. The molecule has 1 unspecified atom stereocenters. The predicted molar refractivity (Wildman–Crippen MR) is 89.7 cm³/mol. The Hall–Kier alpha value is -0.280. The lowest BCUT2D eigenvalue weighted by Gasteiger charge is -2.31. The molecule has 0 aliphatic rings. The van der Waals surface area contributed by atoms with Crippen molar-refractivity contribution in [2.45, 2.75) is 39.3 Å². The maximum atomic E-state index is 6.03. The van der Waals surface area contributed by atoms with Crippen LogP contribution in [0, 0.1) is 5.92 Å². The van der Waals surface area contributed by atoms with E-state index in [9.17, 15) is 0 Å². The van der Waals surface area contributed by atoms with E-state index in [2.05, 4.69) is 38.2 Å². The van der Waals surface area contributed by atoms with Gasteiger partial charge in [0, 0.05) is 19.1 Å². The minimum atomic E-state index is 0.563. The van der Waals surface area contributed by atoms with Crippen molar-refractivity contribution >= 4 is 23.2 Å². The number of halogens is 2. The third-order valence-electron chi connectivity index (χ3n) is 3.92. The molecule has 1 rings (SSSR count). The highest BCUT2D eigenvalue weighted by Crippen LogP contribution is 2.22. The lowest BCUT2D eigenvalue weighted by Crippen LogP contribution is -2.42. The molecule has 0 aliphatic heterocycles. The maximum absolute atomic E-state index is 6.03. The van der Waals surface area contributed by atoms with Crippen LogP contribution in [0.4, 0.5) is 0 Å². The summed E-state index contributed by atoms with van der Waals surface area (Å²) in [4.78, 5) is 2.32. The standard InChI is InChI=1S/C16H26Cl2N2/c1-5-13(6-2)16(20(3)4)11-19-10-12-7-8-14(17)15(18)9-12/h7-9,13,16,19H,5-6,10-11H2,1-4H3. The van der Waals surface area contributed by atoms with E-state index in [-0.39, 0.29) is 0 Å². The second kappa shape index (κ2) is 8.89. The van der Waals surface area contributed by atoms with Gasteiger partial charge in [0.05, 0.1) is 10.0 Å². The van der Waals surface area contributed by atoms with Crippen LogP contribution >= 0.6 is 23.2 Å². The van der Waals surface area contributed by atoms with Crippen molar-refractivity contribution in [1.82, 2.24) is 10.2 Å². The highest BCUT2D eigenvalue weighted by atomic mass is 35.5. The molecular formula is C16H26Cl2N2. The summed E-state index contributed by atoms with van der Waals surface area (Å²) in [5.41, 5.74) is 1.17. The van der Waals surface area contributed by atoms with E-state index >= 15 is 0 Å². The van der Waals surface area contributed by atoms with Gasteiger partial charge in [-0.15, -0.1) is 0 Å². The molecule has 114 valence electrons. The molecule has 20 heavy (non-hydrogen) atoms. The third-order valence-corrected chi connectivity index (χ3v) is 4.66. The summed E-state index contributed by atoms with van der Waals surface area (Å²) in [6.07, 6.45) is 2.43. The molecule has 0 aliphatic carbocycles. The van der Waals surface area contributed by atoms with Crippen LogP contribution in [-0.2, 0) is 6.54 Å². The summed E-state index contributed by atoms with van der Waals surface area (Å²) in [7, 11) is 4.31. The fourth-order valence-electron chi connectivity index (χ4n) is 2.62. The number of hydrogen-bond acceptors (Lipinski definition) is 2. The lowest BCUT2D eigenvalue weighted by molar-refractivity contribution is 0.194. The fourth-order valence-corrected chi connectivity index (χ4v) is 2.94.